The second-order valence-corrected chi connectivity index (χ2v) is 3.96. The molecule has 2 atom stereocenters. The summed E-state index contributed by atoms with van der Waals surface area (Å²) >= 11 is 2.30. The lowest BCUT2D eigenvalue weighted by Crippen LogP contribution is -2.48. The van der Waals surface area contributed by atoms with Gasteiger partial charge in [-0.25, -0.2) is 3.11 Å². The number of rotatable bonds is 1. The quantitative estimate of drug-likeness (QED) is 0.544. The van der Waals surface area contributed by atoms with E-state index in [1.807, 2.05) is 0 Å². The molecule has 3 nitrogen and oxygen atoms in total. The summed E-state index contributed by atoms with van der Waals surface area (Å²) in [5.74, 6) is 0. The molecule has 10 heavy (non-hydrogen) atoms. The lowest BCUT2D eigenvalue weighted by Gasteiger charge is -2.32. The summed E-state index contributed by atoms with van der Waals surface area (Å²) in [5, 5.41) is 0. The number of halogens is 1. The second-order valence-electron chi connectivity index (χ2n) is 2.60. The number of nitrogens with two attached hydrogens (primary N) is 1. The summed E-state index contributed by atoms with van der Waals surface area (Å²) in [6.45, 7) is 2.04. The Morgan fingerprint density at radius 1 is 1.70 bits per heavy atom. The van der Waals surface area contributed by atoms with Crippen LogP contribution in [0.1, 0.15) is 6.42 Å². The van der Waals surface area contributed by atoms with Crippen LogP contribution in [0, 0.1) is 0 Å². The molecule has 0 aromatic carbocycles. The molecule has 0 aromatic rings. The first-order chi connectivity index (χ1) is 4.74. The van der Waals surface area contributed by atoms with Gasteiger partial charge in [-0.3, -0.25) is 0 Å². The summed E-state index contributed by atoms with van der Waals surface area (Å²) in [6.07, 6.45) is 1.27. The Kier molecular flexibility index (Phi) is 3.35. The highest BCUT2D eigenvalue weighted by molar-refractivity contribution is 14.1. The predicted octanol–water partition coefficient (Wildman–Crippen LogP) is 0.384. The highest BCUT2D eigenvalue weighted by Gasteiger charge is 2.24. The zero-order chi connectivity index (χ0) is 7.56. The molecule has 0 bridgehead atoms. The van der Waals surface area contributed by atoms with Crippen molar-refractivity contribution in [2.75, 3.05) is 20.2 Å². The molecule has 4 heteroatoms. The average Bonchev–Trinajstić information content (AvgIpc) is 1.94. The first kappa shape index (κ1) is 8.70. The first-order valence-electron chi connectivity index (χ1n) is 3.43. The lowest BCUT2D eigenvalue weighted by molar-refractivity contribution is 0.0482. The van der Waals surface area contributed by atoms with Crippen LogP contribution in [0.5, 0.6) is 0 Å². The van der Waals surface area contributed by atoms with Crippen molar-refractivity contribution in [1.29, 1.82) is 0 Å². The molecule has 0 spiro atoms. The van der Waals surface area contributed by atoms with E-state index in [4.69, 9.17) is 10.5 Å². The van der Waals surface area contributed by atoms with Gasteiger partial charge in [0.2, 0.25) is 0 Å². The molecule has 0 saturated carbocycles. The van der Waals surface area contributed by atoms with Crippen LogP contribution in [-0.4, -0.2) is 35.5 Å². The molecule has 1 aliphatic heterocycles. The highest BCUT2D eigenvalue weighted by atomic mass is 127. The van der Waals surface area contributed by atoms with Gasteiger partial charge in [-0.1, -0.05) is 0 Å². The zero-order valence-corrected chi connectivity index (χ0v) is 8.24. The zero-order valence-electron chi connectivity index (χ0n) is 6.09. The summed E-state index contributed by atoms with van der Waals surface area (Å²) in [4.78, 5) is 0. The van der Waals surface area contributed by atoms with Crippen molar-refractivity contribution in [3.05, 3.63) is 0 Å². The van der Waals surface area contributed by atoms with Crippen molar-refractivity contribution in [2.45, 2.75) is 18.6 Å². The van der Waals surface area contributed by atoms with Gasteiger partial charge in [0.15, 0.2) is 0 Å². The SMILES string of the molecule is COC1CN(I)CCC1N. The predicted molar refractivity (Wildman–Crippen MR) is 49.0 cm³/mol. The fourth-order valence-corrected chi connectivity index (χ4v) is 1.81. The Morgan fingerprint density at radius 3 is 2.90 bits per heavy atom. The Bertz CT molecular complexity index is 112. The van der Waals surface area contributed by atoms with Crippen LogP contribution in [0.15, 0.2) is 0 Å². The summed E-state index contributed by atoms with van der Waals surface area (Å²) < 4.78 is 7.42. The van der Waals surface area contributed by atoms with Crippen LogP contribution < -0.4 is 5.73 Å². The van der Waals surface area contributed by atoms with Crippen LogP contribution in [0.2, 0.25) is 0 Å². The van der Waals surface area contributed by atoms with E-state index in [-0.39, 0.29) is 12.1 Å². The summed E-state index contributed by atoms with van der Waals surface area (Å²) in [5.41, 5.74) is 5.80. The molecular weight excluding hydrogens is 243 g/mol. The number of nitrogens with zero attached hydrogens (tertiary/aromatic N) is 1. The van der Waals surface area contributed by atoms with Crippen molar-refractivity contribution in [2.24, 2.45) is 5.73 Å². The van der Waals surface area contributed by atoms with E-state index in [1.54, 1.807) is 7.11 Å². The third kappa shape index (κ3) is 2.05. The van der Waals surface area contributed by atoms with Gasteiger partial charge in [-0.15, -0.1) is 0 Å². The smallest absolute Gasteiger partial charge is 0.0857 e. The van der Waals surface area contributed by atoms with E-state index in [1.165, 1.54) is 0 Å². The fraction of sp³-hybridized carbons (Fsp3) is 1.00. The van der Waals surface area contributed by atoms with E-state index in [0.717, 1.165) is 19.5 Å². The normalized spacial score (nSPS) is 36.3. The van der Waals surface area contributed by atoms with Crippen molar-refractivity contribution in [3.8, 4) is 0 Å². The minimum atomic E-state index is 0.227. The molecule has 1 aliphatic rings. The lowest BCUT2D eigenvalue weighted by atomic mass is 10.1. The fourth-order valence-electron chi connectivity index (χ4n) is 1.15. The van der Waals surface area contributed by atoms with Gasteiger partial charge in [0.05, 0.1) is 6.10 Å². The molecule has 2 N–H and O–H groups in total. The van der Waals surface area contributed by atoms with Crippen LogP contribution in [-0.2, 0) is 4.74 Å². The van der Waals surface area contributed by atoms with Crippen LogP contribution >= 0.6 is 22.9 Å². The molecule has 0 radical (unpaired) electrons. The van der Waals surface area contributed by atoms with Crippen molar-refractivity contribution >= 4 is 22.9 Å². The Morgan fingerprint density at radius 2 is 2.40 bits per heavy atom. The molecule has 0 aliphatic carbocycles. The van der Waals surface area contributed by atoms with Gasteiger partial charge in [0.25, 0.3) is 0 Å². The molecule has 0 amide bonds. The molecule has 1 saturated heterocycles. The molecule has 60 valence electrons. The topological polar surface area (TPSA) is 38.5 Å². The minimum absolute atomic E-state index is 0.227. The maximum atomic E-state index is 5.80. The number of hydrogen-bond acceptors (Lipinski definition) is 3. The van der Waals surface area contributed by atoms with Gasteiger partial charge in [-0.2, -0.15) is 0 Å². The molecule has 1 heterocycles. The third-order valence-corrected chi connectivity index (χ3v) is 2.74. The third-order valence-electron chi connectivity index (χ3n) is 1.86. The summed E-state index contributed by atoms with van der Waals surface area (Å²) in [7, 11) is 1.72. The Labute approximate surface area is 75.4 Å². The second kappa shape index (κ2) is 3.85. The van der Waals surface area contributed by atoms with E-state index >= 15 is 0 Å². The van der Waals surface area contributed by atoms with Gasteiger partial charge in [0.1, 0.15) is 0 Å². The van der Waals surface area contributed by atoms with Crippen molar-refractivity contribution < 1.29 is 4.74 Å². The van der Waals surface area contributed by atoms with Crippen LogP contribution in [0.25, 0.3) is 0 Å². The first-order valence-corrected chi connectivity index (χ1v) is 4.39. The largest absolute Gasteiger partial charge is 0.378 e. The molecule has 1 fully saturated rings. The van der Waals surface area contributed by atoms with E-state index < -0.39 is 0 Å². The Hall–Kier alpha value is 0.610. The van der Waals surface area contributed by atoms with Crippen molar-refractivity contribution in [3.63, 3.8) is 0 Å². The molecule has 2 unspecified atom stereocenters. The maximum absolute atomic E-state index is 5.80. The van der Waals surface area contributed by atoms with E-state index in [0.29, 0.717) is 0 Å². The van der Waals surface area contributed by atoms with Gasteiger partial charge < -0.3 is 10.5 Å². The highest BCUT2D eigenvalue weighted by Crippen LogP contribution is 2.14. The van der Waals surface area contributed by atoms with Crippen molar-refractivity contribution in [1.82, 2.24) is 3.11 Å². The minimum Gasteiger partial charge on any atom is -0.378 e. The van der Waals surface area contributed by atoms with Gasteiger partial charge >= 0.3 is 0 Å². The number of ether oxygens (including phenoxy) is 1. The van der Waals surface area contributed by atoms with Crippen LogP contribution in [0.4, 0.5) is 0 Å². The molecular formula is C6H13IN2O. The summed E-state index contributed by atoms with van der Waals surface area (Å²) in [6, 6.07) is 0.232. The van der Waals surface area contributed by atoms with Gasteiger partial charge in [0, 0.05) is 49.1 Å². The monoisotopic (exact) mass is 256 g/mol. The average molecular weight is 256 g/mol. The van der Waals surface area contributed by atoms with E-state index in [9.17, 15) is 0 Å². The van der Waals surface area contributed by atoms with Crippen LogP contribution in [0.3, 0.4) is 0 Å². The standard InChI is InChI=1S/C6H13IN2O/c1-10-6-4-9(7)3-2-5(6)8/h5-6H,2-4,8H2,1H3. The number of piperidine rings is 1. The number of hydrogen-bond donors (Lipinski definition) is 1. The van der Waals surface area contributed by atoms with Gasteiger partial charge in [-0.05, 0) is 6.42 Å². The maximum Gasteiger partial charge on any atom is 0.0857 e. The molecule has 0 aromatic heterocycles. The number of methoxy groups -OCH3 is 1. The Balaban J connectivity index is 2.38. The molecule has 1 rings (SSSR count). The van der Waals surface area contributed by atoms with E-state index in [2.05, 4.69) is 26.0 Å².